The highest BCUT2D eigenvalue weighted by atomic mass is 16.5. The van der Waals surface area contributed by atoms with E-state index < -0.39 is 30.6 Å². The summed E-state index contributed by atoms with van der Waals surface area (Å²) in [6.45, 7) is 1.58. The third-order valence-electron chi connectivity index (χ3n) is 1.59. The maximum atomic E-state index is 11.0. The second-order valence-corrected chi connectivity index (χ2v) is 2.90. The van der Waals surface area contributed by atoms with E-state index in [9.17, 15) is 19.5 Å². The smallest absolute Gasteiger partial charge is 0.331 e. The number of likely N-dealkylation sites (N-methyl/N-ethyl adjacent to an activating group) is 1. The fourth-order valence-corrected chi connectivity index (χ4v) is 0.781. The first-order valence-electron chi connectivity index (χ1n) is 4.89. The van der Waals surface area contributed by atoms with Crippen LogP contribution in [0.25, 0.3) is 0 Å². The first-order valence-corrected chi connectivity index (χ1v) is 4.89. The van der Waals surface area contributed by atoms with E-state index in [0.717, 1.165) is 19.3 Å². The van der Waals surface area contributed by atoms with Crippen LogP contribution in [0.4, 0.5) is 0 Å². The number of carbonyl (C=O) groups excluding carboxylic acids is 3. The summed E-state index contributed by atoms with van der Waals surface area (Å²) >= 11 is 0. The van der Waals surface area contributed by atoms with Crippen molar-refractivity contribution < 1.29 is 29.0 Å². The molecule has 1 atom stereocenters. The zero-order chi connectivity index (χ0) is 13.3. The number of hydrogen-bond acceptors (Lipinski definition) is 6. The van der Waals surface area contributed by atoms with E-state index in [0.29, 0.717) is 6.54 Å². The molecule has 0 spiro atoms. The van der Waals surface area contributed by atoms with Crippen LogP contribution in [0.1, 0.15) is 6.92 Å². The monoisotopic (exact) mass is 245 g/mol. The number of aliphatic hydroxyl groups is 1. The number of nitrogens with one attached hydrogen (secondary N) is 1. The highest BCUT2D eigenvalue weighted by molar-refractivity contribution is 5.91. The van der Waals surface area contributed by atoms with Gasteiger partial charge in [0.05, 0.1) is 7.11 Å². The molecule has 2 N–H and O–H groups in total. The predicted molar refractivity (Wildman–Crippen MR) is 56.8 cm³/mol. The Balaban J connectivity index is 3.95. The zero-order valence-corrected chi connectivity index (χ0v) is 9.63. The van der Waals surface area contributed by atoms with E-state index in [1.807, 2.05) is 0 Å². The molecule has 96 valence electrons. The van der Waals surface area contributed by atoms with Gasteiger partial charge in [-0.1, -0.05) is 0 Å². The quantitative estimate of drug-likeness (QED) is 0.448. The summed E-state index contributed by atoms with van der Waals surface area (Å²) < 4.78 is 8.77. The molecule has 0 aliphatic carbocycles. The summed E-state index contributed by atoms with van der Waals surface area (Å²) in [6.07, 6.45) is 0.294. The van der Waals surface area contributed by atoms with Gasteiger partial charge in [0.15, 0.2) is 6.10 Å². The highest BCUT2D eigenvalue weighted by Gasteiger charge is 2.15. The number of esters is 2. The molecule has 0 fully saturated rings. The standard InChI is InChI=1S/C10H15NO6/c1-3-11-10(15)7(12)6-17-9(14)5-4-8(13)16-2/h4-5,7,12H,3,6H2,1-2H3,(H,11,15)/b5-4+. The predicted octanol–water partition coefficient (Wildman–Crippen LogP) is -1.24. The first kappa shape index (κ1) is 15.1. The number of amides is 1. The van der Waals surface area contributed by atoms with Gasteiger partial charge in [-0.05, 0) is 6.92 Å². The molecular formula is C10H15NO6. The van der Waals surface area contributed by atoms with Gasteiger partial charge >= 0.3 is 11.9 Å². The van der Waals surface area contributed by atoms with Crippen LogP contribution >= 0.6 is 0 Å². The normalized spacial score (nSPS) is 11.9. The summed E-state index contributed by atoms with van der Waals surface area (Å²) in [6, 6.07) is 0. The van der Waals surface area contributed by atoms with E-state index >= 15 is 0 Å². The van der Waals surface area contributed by atoms with Gasteiger partial charge in [0.1, 0.15) is 6.61 Å². The SMILES string of the molecule is CCNC(=O)C(O)COC(=O)/C=C/C(=O)OC. The minimum absolute atomic E-state index is 0.367. The maximum Gasteiger partial charge on any atom is 0.331 e. The van der Waals surface area contributed by atoms with E-state index in [2.05, 4.69) is 14.8 Å². The van der Waals surface area contributed by atoms with Gasteiger partial charge in [0, 0.05) is 18.7 Å². The van der Waals surface area contributed by atoms with E-state index in [1.54, 1.807) is 6.92 Å². The second-order valence-electron chi connectivity index (χ2n) is 2.90. The van der Waals surface area contributed by atoms with Crippen molar-refractivity contribution in [3.63, 3.8) is 0 Å². The molecule has 17 heavy (non-hydrogen) atoms. The Morgan fingerprint density at radius 3 is 2.41 bits per heavy atom. The minimum atomic E-state index is -1.43. The molecule has 0 aromatic rings. The molecular weight excluding hydrogens is 230 g/mol. The van der Waals surface area contributed by atoms with Crippen LogP contribution in [-0.2, 0) is 23.9 Å². The average Bonchev–Trinajstić information content (AvgIpc) is 2.32. The van der Waals surface area contributed by atoms with Crippen LogP contribution in [0.5, 0.6) is 0 Å². The molecule has 0 heterocycles. The Morgan fingerprint density at radius 2 is 1.88 bits per heavy atom. The molecule has 1 amide bonds. The van der Waals surface area contributed by atoms with Crippen molar-refractivity contribution in [1.29, 1.82) is 0 Å². The lowest BCUT2D eigenvalue weighted by Gasteiger charge is -2.09. The summed E-state index contributed by atoms with van der Waals surface area (Å²) in [5.74, 6) is -2.18. The molecule has 0 rings (SSSR count). The first-order chi connectivity index (χ1) is 8.01. The van der Waals surface area contributed by atoms with E-state index in [4.69, 9.17) is 0 Å². The molecule has 0 saturated heterocycles. The van der Waals surface area contributed by atoms with Crippen molar-refractivity contribution in [3.05, 3.63) is 12.2 Å². The van der Waals surface area contributed by atoms with Crippen LogP contribution < -0.4 is 5.32 Å². The number of ether oxygens (including phenoxy) is 2. The Hall–Kier alpha value is -1.89. The number of carbonyl (C=O) groups is 3. The van der Waals surface area contributed by atoms with Gasteiger partial charge in [0.25, 0.3) is 5.91 Å². The third-order valence-corrected chi connectivity index (χ3v) is 1.59. The van der Waals surface area contributed by atoms with Crippen LogP contribution in [0.2, 0.25) is 0 Å². The fraction of sp³-hybridized carbons (Fsp3) is 0.500. The second kappa shape index (κ2) is 8.28. The van der Waals surface area contributed by atoms with Crippen LogP contribution in [0, 0.1) is 0 Å². The maximum absolute atomic E-state index is 11.0. The molecule has 0 saturated carbocycles. The van der Waals surface area contributed by atoms with E-state index in [-0.39, 0.29) is 0 Å². The van der Waals surface area contributed by atoms with E-state index in [1.165, 1.54) is 0 Å². The fourth-order valence-electron chi connectivity index (χ4n) is 0.781. The van der Waals surface area contributed by atoms with Crippen LogP contribution in [-0.4, -0.2) is 49.3 Å². The molecule has 0 bridgehead atoms. The van der Waals surface area contributed by atoms with Gasteiger partial charge in [-0.25, -0.2) is 9.59 Å². The third kappa shape index (κ3) is 7.07. The lowest BCUT2D eigenvalue weighted by atomic mass is 10.3. The molecule has 0 aliphatic rings. The van der Waals surface area contributed by atoms with Gasteiger partial charge in [-0.15, -0.1) is 0 Å². The van der Waals surface area contributed by atoms with Crippen molar-refractivity contribution in [1.82, 2.24) is 5.32 Å². The van der Waals surface area contributed by atoms with Crippen molar-refractivity contribution >= 4 is 17.8 Å². The Morgan fingerprint density at radius 1 is 1.29 bits per heavy atom. The molecule has 7 nitrogen and oxygen atoms in total. The van der Waals surface area contributed by atoms with Crippen molar-refractivity contribution in [2.45, 2.75) is 13.0 Å². The van der Waals surface area contributed by atoms with Gasteiger partial charge in [0.2, 0.25) is 0 Å². The lowest BCUT2D eigenvalue weighted by Crippen LogP contribution is -2.37. The van der Waals surface area contributed by atoms with Gasteiger partial charge in [-0.2, -0.15) is 0 Å². The number of aliphatic hydroxyl groups excluding tert-OH is 1. The molecule has 1 unspecified atom stereocenters. The summed E-state index contributed by atoms with van der Waals surface area (Å²) in [5.41, 5.74) is 0. The Labute approximate surface area is 98.4 Å². The molecule has 7 heteroatoms. The summed E-state index contributed by atoms with van der Waals surface area (Å²) in [4.78, 5) is 32.6. The molecule has 0 radical (unpaired) electrons. The number of hydrogen-bond donors (Lipinski definition) is 2. The molecule has 0 aliphatic heterocycles. The topological polar surface area (TPSA) is 102 Å². The highest BCUT2D eigenvalue weighted by Crippen LogP contribution is 1.89. The Kier molecular flexibility index (Phi) is 7.36. The minimum Gasteiger partial charge on any atom is -0.466 e. The van der Waals surface area contributed by atoms with Gasteiger partial charge in [-0.3, -0.25) is 4.79 Å². The summed E-state index contributed by atoms with van der Waals surface area (Å²) in [7, 11) is 1.16. The van der Waals surface area contributed by atoms with Crippen molar-refractivity contribution in [2.24, 2.45) is 0 Å². The molecule has 0 aromatic carbocycles. The number of methoxy groups -OCH3 is 1. The van der Waals surface area contributed by atoms with Crippen LogP contribution in [0.3, 0.4) is 0 Å². The van der Waals surface area contributed by atoms with Gasteiger partial charge < -0.3 is 19.9 Å². The lowest BCUT2D eigenvalue weighted by molar-refractivity contribution is -0.145. The molecule has 0 aromatic heterocycles. The van der Waals surface area contributed by atoms with Crippen molar-refractivity contribution in [2.75, 3.05) is 20.3 Å². The zero-order valence-electron chi connectivity index (χ0n) is 9.63. The average molecular weight is 245 g/mol. The van der Waals surface area contributed by atoms with Crippen LogP contribution in [0.15, 0.2) is 12.2 Å². The largest absolute Gasteiger partial charge is 0.466 e. The number of rotatable bonds is 6. The summed E-state index contributed by atoms with van der Waals surface area (Å²) in [5, 5.41) is 11.6. The Bertz CT molecular complexity index is 312. The van der Waals surface area contributed by atoms with Crippen molar-refractivity contribution in [3.8, 4) is 0 Å².